The number of carbonyl (C=O) groups is 1. The Hall–Kier alpha value is -2.02. The van der Waals surface area contributed by atoms with Crippen LogP contribution in [0.3, 0.4) is 0 Å². The Balaban J connectivity index is 1.58. The number of carbonyl (C=O) groups excluding carboxylic acids is 1. The van der Waals surface area contributed by atoms with Crippen LogP contribution in [0.25, 0.3) is 0 Å². The van der Waals surface area contributed by atoms with Gasteiger partial charge in [-0.1, -0.05) is 23.5 Å². The van der Waals surface area contributed by atoms with Crippen molar-refractivity contribution in [2.75, 3.05) is 32.1 Å². The normalized spacial score (nSPS) is 15.5. The van der Waals surface area contributed by atoms with E-state index >= 15 is 0 Å². The molecule has 3 rings (SSSR count). The number of hydrogen-bond donors (Lipinski definition) is 0. The number of rotatable bonds is 4. The van der Waals surface area contributed by atoms with Crippen LogP contribution >= 0.6 is 11.3 Å². The monoisotopic (exact) mass is 348 g/mol. The number of benzene rings is 1. The molecule has 128 valence electrons. The summed E-state index contributed by atoms with van der Waals surface area (Å²) >= 11 is 1.57. The zero-order chi connectivity index (χ0) is 17.1. The largest absolute Gasteiger partial charge is 0.349 e. The van der Waals surface area contributed by atoms with Gasteiger partial charge in [0.1, 0.15) is 10.8 Å². The first-order valence-corrected chi connectivity index (χ1v) is 8.87. The van der Waals surface area contributed by atoms with E-state index < -0.39 is 0 Å². The second-order valence-corrected chi connectivity index (χ2v) is 7.32. The van der Waals surface area contributed by atoms with Crippen LogP contribution in [0, 0.1) is 11.7 Å². The predicted octanol–water partition coefficient (Wildman–Crippen LogP) is 2.57. The van der Waals surface area contributed by atoms with Crippen LogP contribution in [-0.4, -0.2) is 48.2 Å². The van der Waals surface area contributed by atoms with Crippen molar-refractivity contribution in [3.8, 4) is 0 Å². The summed E-state index contributed by atoms with van der Waals surface area (Å²) in [5, 5.41) is 10.4. The topological polar surface area (TPSA) is 49.3 Å². The maximum atomic E-state index is 13.0. The van der Waals surface area contributed by atoms with Gasteiger partial charge < -0.3 is 9.80 Å². The molecule has 1 aliphatic heterocycles. The van der Waals surface area contributed by atoms with Crippen LogP contribution in [0.4, 0.5) is 9.52 Å². The van der Waals surface area contributed by atoms with Gasteiger partial charge in [-0.05, 0) is 30.5 Å². The lowest BCUT2D eigenvalue weighted by atomic mass is 9.96. The number of hydrogen-bond acceptors (Lipinski definition) is 5. The third-order valence-corrected chi connectivity index (χ3v) is 5.26. The molecule has 5 nitrogen and oxygen atoms in total. The molecular formula is C17H21FN4OS. The maximum Gasteiger partial charge on any atom is 0.225 e. The molecule has 1 aromatic heterocycles. The van der Waals surface area contributed by atoms with Crippen molar-refractivity contribution in [3.05, 3.63) is 40.7 Å². The van der Waals surface area contributed by atoms with Gasteiger partial charge in [-0.2, -0.15) is 0 Å². The molecule has 2 heterocycles. The molecule has 0 bridgehead atoms. The minimum absolute atomic E-state index is 0.114. The van der Waals surface area contributed by atoms with Gasteiger partial charge in [-0.15, -0.1) is 10.2 Å². The molecule has 0 aliphatic carbocycles. The first kappa shape index (κ1) is 16.8. The van der Waals surface area contributed by atoms with Crippen LogP contribution in [0.1, 0.15) is 23.4 Å². The molecule has 1 saturated heterocycles. The number of amides is 1. The van der Waals surface area contributed by atoms with Crippen LogP contribution < -0.4 is 4.90 Å². The van der Waals surface area contributed by atoms with E-state index in [-0.39, 0.29) is 17.6 Å². The standard InChI is InChI=1S/C17H21FN4OS/c1-21(2)16(23)13-7-9-22(10-8-13)17-20-19-15(24-17)11-12-3-5-14(18)6-4-12/h3-6,13H,7-11H2,1-2H3. The summed E-state index contributed by atoms with van der Waals surface area (Å²) in [6.45, 7) is 1.66. The van der Waals surface area contributed by atoms with Crippen molar-refractivity contribution in [1.82, 2.24) is 15.1 Å². The smallest absolute Gasteiger partial charge is 0.225 e. The molecule has 0 unspecified atom stereocenters. The molecule has 0 N–H and O–H groups in total. The Kier molecular flexibility index (Phi) is 5.08. The molecule has 1 fully saturated rings. The number of aromatic nitrogens is 2. The molecule has 0 saturated carbocycles. The lowest BCUT2D eigenvalue weighted by Crippen LogP contribution is -2.40. The number of anilines is 1. The van der Waals surface area contributed by atoms with Crippen molar-refractivity contribution in [2.45, 2.75) is 19.3 Å². The second-order valence-electron chi connectivity index (χ2n) is 6.28. The fourth-order valence-corrected chi connectivity index (χ4v) is 3.83. The van der Waals surface area contributed by atoms with E-state index in [4.69, 9.17) is 0 Å². The van der Waals surface area contributed by atoms with Crippen LogP contribution in [0.2, 0.25) is 0 Å². The summed E-state index contributed by atoms with van der Waals surface area (Å²) in [5.74, 6) is 0.0959. The highest BCUT2D eigenvalue weighted by atomic mass is 32.1. The molecule has 2 aromatic rings. The van der Waals surface area contributed by atoms with Gasteiger partial charge in [-0.3, -0.25) is 4.79 Å². The van der Waals surface area contributed by atoms with Gasteiger partial charge in [0.2, 0.25) is 11.0 Å². The molecule has 1 aliphatic rings. The Morgan fingerprint density at radius 2 is 1.92 bits per heavy atom. The summed E-state index contributed by atoms with van der Waals surface area (Å²) < 4.78 is 13.0. The molecule has 7 heteroatoms. The summed E-state index contributed by atoms with van der Waals surface area (Å²) in [6.07, 6.45) is 2.36. The Labute approximate surface area is 145 Å². The fourth-order valence-electron chi connectivity index (χ4n) is 2.90. The van der Waals surface area contributed by atoms with Crippen LogP contribution in [-0.2, 0) is 11.2 Å². The minimum Gasteiger partial charge on any atom is -0.349 e. The van der Waals surface area contributed by atoms with E-state index in [9.17, 15) is 9.18 Å². The van der Waals surface area contributed by atoms with E-state index in [1.165, 1.54) is 12.1 Å². The molecule has 1 aromatic carbocycles. The summed E-state index contributed by atoms with van der Waals surface area (Å²) in [7, 11) is 3.61. The average molecular weight is 348 g/mol. The highest BCUT2D eigenvalue weighted by Crippen LogP contribution is 2.27. The quantitative estimate of drug-likeness (QED) is 0.852. The molecule has 0 radical (unpaired) electrons. The molecule has 24 heavy (non-hydrogen) atoms. The van der Waals surface area contributed by atoms with Gasteiger partial charge in [0.05, 0.1) is 0 Å². The van der Waals surface area contributed by atoms with E-state index in [2.05, 4.69) is 15.1 Å². The van der Waals surface area contributed by atoms with Gasteiger partial charge in [0.15, 0.2) is 0 Å². The Morgan fingerprint density at radius 1 is 1.25 bits per heavy atom. The third-order valence-electron chi connectivity index (χ3n) is 4.28. The zero-order valence-electron chi connectivity index (χ0n) is 13.9. The highest BCUT2D eigenvalue weighted by Gasteiger charge is 2.27. The van der Waals surface area contributed by atoms with Gasteiger partial charge >= 0.3 is 0 Å². The second kappa shape index (κ2) is 7.25. The van der Waals surface area contributed by atoms with Crippen LogP contribution in [0.15, 0.2) is 24.3 Å². The molecule has 0 spiro atoms. The van der Waals surface area contributed by atoms with Crippen molar-refractivity contribution >= 4 is 22.4 Å². The van der Waals surface area contributed by atoms with E-state index in [1.54, 1.807) is 42.5 Å². The molecule has 0 atom stereocenters. The average Bonchev–Trinajstić information content (AvgIpc) is 3.05. The Morgan fingerprint density at radius 3 is 2.54 bits per heavy atom. The predicted molar refractivity (Wildman–Crippen MR) is 92.7 cm³/mol. The number of piperidine rings is 1. The number of halogens is 1. The van der Waals surface area contributed by atoms with Crippen molar-refractivity contribution < 1.29 is 9.18 Å². The summed E-state index contributed by atoms with van der Waals surface area (Å²) in [6, 6.07) is 6.47. The number of nitrogens with zero attached hydrogens (tertiary/aromatic N) is 4. The molecule has 1 amide bonds. The first-order valence-electron chi connectivity index (χ1n) is 8.06. The summed E-state index contributed by atoms with van der Waals surface area (Å²) in [5.41, 5.74) is 1.02. The van der Waals surface area contributed by atoms with Crippen molar-refractivity contribution in [3.63, 3.8) is 0 Å². The highest BCUT2D eigenvalue weighted by molar-refractivity contribution is 7.15. The van der Waals surface area contributed by atoms with Crippen molar-refractivity contribution in [1.29, 1.82) is 0 Å². The first-order chi connectivity index (χ1) is 11.5. The van der Waals surface area contributed by atoms with Gasteiger partial charge in [-0.25, -0.2) is 4.39 Å². The maximum absolute atomic E-state index is 13.0. The summed E-state index contributed by atoms with van der Waals surface area (Å²) in [4.78, 5) is 15.9. The lowest BCUT2D eigenvalue weighted by Gasteiger charge is -2.31. The third kappa shape index (κ3) is 3.90. The minimum atomic E-state index is -0.230. The van der Waals surface area contributed by atoms with Crippen LogP contribution in [0.5, 0.6) is 0 Å². The van der Waals surface area contributed by atoms with E-state index in [1.807, 2.05) is 0 Å². The Bertz CT molecular complexity index is 693. The molecular weight excluding hydrogens is 327 g/mol. The fraction of sp³-hybridized carbons (Fsp3) is 0.471. The van der Waals surface area contributed by atoms with Gasteiger partial charge in [0, 0.05) is 39.5 Å². The van der Waals surface area contributed by atoms with Crippen molar-refractivity contribution in [2.24, 2.45) is 5.92 Å². The lowest BCUT2D eigenvalue weighted by molar-refractivity contribution is -0.133. The van der Waals surface area contributed by atoms with E-state index in [0.717, 1.165) is 41.6 Å². The van der Waals surface area contributed by atoms with Gasteiger partial charge in [0.25, 0.3) is 0 Å². The van der Waals surface area contributed by atoms with E-state index in [0.29, 0.717) is 6.42 Å². The zero-order valence-corrected chi connectivity index (χ0v) is 14.7. The SMILES string of the molecule is CN(C)C(=O)C1CCN(c2nnc(Cc3ccc(F)cc3)s2)CC1.